The van der Waals surface area contributed by atoms with Gasteiger partial charge in [0, 0.05) is 0 Å². The number of ether oxygens (including phenoxy) is 1. The molecular weight excluding hydrogens is 263 g/mol. The topological polar surface area (TPSA) is 9.23 Å². The van der Waals surface area contributed by atoms with Crippen LogP contribution in [0.3, 0.4) is 0 Å². The Bertz CT molecular complexity index is 269. The van der Waals surface area contributed by atoms with Gasteiger partial charge < -0.3 is 0 Å². The summed E-state index contributed by atoms with van der Waals surface area (Å²) >= 11 is 0.212. The summed E-state index contributed by atoms with van der Waals surface area (Å²) in [6.07, 6.45) is 2.41. The van der Waals surface area contributed by atoms with Crippen molar-refractivity contribution in [1.82, 2.24) is 0 Å². The Hall–Kier alpha value is -0.250. The van der Waals surface area contributed by atoms with E-state index in [2.05, 4.69) is 23.1 Å². The molecule has 1 aliphatic heterocycles. The van der Waals surface area contributed by atoms with Gasteiger partial charge in [-0.2, -0.15) is 0 Å². The van der Waals surface area contributed by atoms with E-state index in [0.717, 1.165) is 12.4 Å². The average molecular weight is 275 g/mol. The van der Waals surface area contributed by atoms with Gasteiger partial charge in [0.2, 0.25) is 0 Å². The third kappa shape index (κ3) is 1.44. The third-order valence-electron chi connectivity index (χ3n) is 2.11. The number of rotatable bonds is 1. The molecule has 1 aromatic rings. The zero-order valence-electron chi connectivity index (χ0n) is 7.14. The second-order valence-corrected chi connectivity index (χ2v) is 5.10. The van der Waals surface area contributed by atoms with Crippen LogP contribution >= 0.6 is 0 Å². The fraction of sp³-hybridized carbons (Fsp3) is 0.400. The molecular formula is C10H12IO-. The fourth-order valence-electron chi connectivity index (χ4n) is 1.52. The van der Waals surface area contributed by atoms with E-state index in [1.165, 1.54) is 18.4 Å². The van der Waals surface area contributed by atoms with E-state index in [9.17, 15) is 0 Å². The van der Waals surface area contributed by atoms with Crippen molar-refractivity contribution in [1.29, 1.82) is 0 Å². The molecule has 0 radical (unpaired) electrons. The number of fused-ring (bicyclic) bond motifs is 1. The van der Waals surface area contributed by atoms with Crippen LogP contribution in [-0.2, 0) is 6.42 Å². The van der Waals surface area contributed by atoms with Crippen molar-refractivity contribution in [3.63, 3.8) is 0 Å². The summed E-state index contributed by atoms with van der Waals surface area (Å²) in [6.45, 7) is 0.901. The molecule has 0 aromatic heterocycles. The van der Waals surface area contributed by atoms with Gasteiger partial charge in [0.15, 0.2) is 0 Å². The molecule has 0 bridgehead atoms. The molecule has 66 valence electrons. The first-order chi connectivity index (χ1) is 5.92. The van der Waals surface area contributed by atoms with Gasteiger partial charge in [0.05, 0.1) is 0 Å². The van der Waals surface area contributed by atoms with Gasteiger partial charge in [-0.1, -0.05) is 0 Å². The van der Waals surface area contributed by atoms with Crippen molar-refractivity contribution in [2.24, 2.45) is 0 Å². The number of hydrogen-bond acceptors (Lipinski definition) is 1. The molecule has 2 heteroatoms. The number of hydrogen-bond donors (Lipinski definition) is 0. The quantitative estimate of drug-likeness (QED) is 0.467. The van der Waals surface area contributed by atoms with Gasteiger partial charge in [-0.05, 0) is 0 Å². The third-order valence-corrected chi connectivity index (χ3v) is 4.28. The fourth-order valence-corrected chi connectivity index (χ4v) is 3.28. The number of alkyl halides is 1. The molecule has 1 nitrogen and oxygen atoms in total. The molecule has 12 heavy (non-hydrogen) atoms. The van der Waals surface area contributed by atoms with E-state index < -0.39 is 0 Å². The van der Waals surface area contributed by atoms with E-state index >= 15 is 0 Å². The molecule has 2 rings (SSSR count). The molecule has 0 atom stereocenters. The Labute approximate surface area is 83.4 Å². The normalized spacial score (nSPS) is 15.4. The maximum absolute atomic E-state index is 5.58. The van der Waals surface area contributed by atoms with E-state index in [1.807, 2.05) is 0 Å². The summed E-state index contributed by atoms with van der Waals surface area (Å²) < 4.78 is 7.14. The van der Waals surface area contributed by atoms with Crippen LogP contribution in [-0.4, -0.2) is 11.5 Å². The second-order valence-electron chi connectivity index (χ2n) is 2.86. The van der Waals surface area contributed by atoms with Gasteiger partial charge in [0.25, 0.3) is 0 Å². The summed E-state index contributed by atoms with van der Waals surface area (Å²) in [5.74, 6) is 1.14. The molecule has 1 heterocycles. The zero-order valence-corrected chi connectivity index (χ0v) is 9.30. The Balaban J connectivity index is 2.44. The van der Waals surface area contributed by atoms with E-state index in [1.54, 1.807) is 3.57 Å². The van der Waals surface area contributed by atoms with Gasteiger partial charge in [-0.3, -0.25) is 0 Å². The first kappa shape index (κ1) is 8.35. The van der Waals surface area contributed by atoms with Crippen LogP contribution in [0, 0.1) is 3.57 Å². The van der Waals surface area contributed by atoms with Gasteiger partial charge in [0.1, 0.15) is 0 Å². The predicted molar refractivity (Wildman–Crippen MR) is 44.9 cm³/mol. The van der Waals surface area contributed by atoms with Gasteiger partial charge >= 0.3 is 83.4 Å². The van der Waals surface area contributed by atoms with Crippen molar-refractivity contribution in [3.8, 4) is 5.75 Å². The summed E-state index contributed by atoms with van der Waals surface area (Å²) in [5.41, 5.74) is 1.49. The van der Waals surface area contributed by atoms with Crippen molar-refractivity contribution in [2.75, 3.05) is 11.5 Å². The number of benzene rings is 1. The van der Waals surface area contributed by atoms with Crippen molar-refractivity contribution < 1.29 is 25.9 Å². The summed E-state index contributed by atoms with van der Waals surface area (Å²) in [5, 5.41) is 0. The first-order valence-electron chi connectivity index (χ1n) is 4.16. The minimum absolute atomic E-state index is 0.212. The minimum atomic E-state index is 0.212. The van der Waals surface area contributed by atoms with Crippen LogP contribution in [0.15, 0.2) is 18.2 Å². The SMILES string of the molecule is C[I-]c1cccc2c1CCCO2. The molecule has 0 saturated carbocycles. The molecule has 0 amide bonds. The van der Waals surface area contributed by atoms with Crippen LogP contribution in [0.4, 0.5) is 0 Å². The Morgan fingerprint density at radius 2 is 2.33 bits per heavy atom. The summed E-state index contributed by atoms with van der Waals surface area (Å²) in [4.78, 5) is 2.31. The average Bonchev–Trinajstić information content (AvgIpc) is 2.17. The van der Waals surface area contributed by atoms with Crippen LogP contribution < -0.4 is 25.9 Å². The Kier molecular flexibility index (Phi) is 2.54. The van der Waals surface area contributed by atoms with Crippen LogP contribution in [0.1, 0.15) is 12.0 Å². The van der Waals surface area contributed by atoms with Gasteiger partial charge in [-0.15, -0.1) is 0 Å². The standard InChI is InChI=1S/C10H12IO/c1-11-9-5-2-6-10-8(9)4-3-7-12-10/h2,5-6H,3-4,7H2,1H3/q-1. The second kappa shape index (κ2) is 3.64. The van der Waals surface area contributed by atoms with Crippen LogP contribution in [0.25, 0.3) is 0 Å². The molecule has 0 spiro atoms. The molecule has 1 aliphatic rings. The Morgan fingerprint density at radius 1 is 1.42 bits per heavy atom. The summed E-state index contributed by atoms with van der Waals surface area (Å²) in [6, 6.07) is 6.46. The zero-order chi connectivity index (χ0) is 8.39. The maximum atomic E-state index is 5.58. The molecule has 0 aliphatic carbocycles. The number of halogens is 1. The molecule has 1 aromatic carbocycles. The van der Waals surface area contributed by atoms with Gasteiger partial charge in [-0.25, -0.2) is 0 Å². The molecule has 0 N–H and O–H groups in total. The van der Waals surface area contributed by atoms with Crippen molar-refractivity contribution >= 4 is 0 Å². The van der Waals surface area contributed by atoms with E-state index in [0.29, 0.717) is 0 Å². The van der Waals surface area contributed by atoms with E-state index in [4.69, 9.17) is 4.74 Å². The van der Waals surface area contributed by atoms with Crippen LogP contribution in [0.5, 0.6) is 5.75 Å². The van der Waals surface area contributed by atoms with Crippen molar-refractivity contribution in [3.05, 3.63) is 27.3 Å². The van der Waals surface area contributed by atoms with Crippen LogP contribution in [0.2, 0.25) is 0 Å². The molecule has 0 unspecified atom stereocenters. The first-order valence-corrected chi connectivity index (χ1v) is 7.39. The molecule has 0 saturated heterocycles. The van der Waals surface area contributed by atoms with Crippen molar-refractivity contribution in [2.45, 2.75) is 12.8 Å². The Morgan fingerprint density at radius 3 is 3.17 bits per heavy atom. The molecule has 0 fully saturated rings. The predicted octanol–water partition coefficient (Wildman–Crippen LogP) is -1.10. The van der Waals surface area contributed by atoms with E-state index in [-0.39, 0.29) is 21.2 Å². The summed E-state index contributed by atoms with van der Waals surface area (Å²) in [7, 11) is 0. The monoisotopic (exact) mass is 275 g/mol.